The van der Waals surface area contributed by atoms with Crippen LogP contribution in [0.4, 0.5) is 5.69 Å². The van der Waals surface area contributed by atoms with Gasteiger partial charge in [-0.15, -0.1) is 0 Å². The van der Waals surface area contributed by atoms with Crippen molar-refractivity contribution in [2.45, 2.75) is 31.8 Å². The molecule has 0 bridgehead atoms. The average Bonchev–Trinajstić information content (AvgIpc) is 2.41. The molecular weight excluding hydrogens is 250 g/mol. The quantitative estimate of drug-likeness (QED) is 0.474. The number of nitrogens with zero attached hydrogens (tertiary/aromatic N) is 1. The molecule has 1 fully saturated rings. The van der Waals surface area contributed by atoms with Crippen molar-refractivity contribution in [3.05, 3.63) is 39.9 Å². The van der Waals surface area contributed by atoms with Crippen molar-refractivity contribution in [3.63, 3.8) is 0 Å². The molecule has 0 radical (unpaired) electrons. The second-order valence-corrected chi connectivity index (χ2v) is 4.41. The number of carbonyl (C=O) groups excluding carboxylic acids is 2. The third-order valence-corrected chi connectivity index (χ3v) is 3.06. The summed E-state index contributed by atoms with van der Waals surface area (Å²) in [5.74, 6) is -0.670. The lowest BCUT2D eigenvalue weighted by Crippen LogP contribution is -2.30. The topological polar surface area (TPSA) is 86.5 Å². The molecule has 1 unspecified atom stereocenters. The highest BCUT2D eigenvalue weighted by Crippen LogP contribution is 2.19. The first-order valence-corrected chi connectivity index (χ1v) is 6.06. The highest BCUT2D eigenvalue weighted by atomic mass is 16.6. The number of non-ortho nitro benzene ring substituents is 1. The Morgan fingerprint density at radius 2 is 1.95 bits per heavy atom. The van der Waals surface area contributed by atoms with E-state index in [0.29, 0.717) is 12.8 Å². The van der Waals surface area contributed by atoms with Crippen molar-refractivity contribution in [3.8, 4) is 0 Å². The summed E-state index contributed by atoms with van der Waals surface area (Å²) in [6.07, 6.45) is 2.03. The van der Waals surface area contributed by atoms with Crippen molar-refractivity contribution in [1.82, 2.24) is 0 Å². The number of hydrogen-bond acceptors (Lipinski definition) is 5. The first-order chi connectivity index (χ1) is 9.08. The fourth-order valence-electron chi connectivity index (χ4n) is 1.99. The standard InChI is InChI=1S/C13H13NO5/c15-11-3-1-2-4-12(11)19-13(16)9-5-7-10(8-6-9)14(17)18/h5-8,12H,1-4H2. The Balaban J connectivity index is 2.03. The van der Waals surface area contributed by atoms with E-state index in [2.05, 4.69) is 0 Å². The second-order valence-electron chi connectivity index (χ2n) is 4.41. The number of nitro groups is 1. The van der Waals surface area contributed by atoms with E-state index in [1.54, 1.807) is 0 Å². The van der Waals surface area contributed by atoms with Gasteiger partial charge in [0.05, 0.1) is 10.5 Å². The predicted octanol–water partition coefficient (Wildman–Crippen LogP) is 2.26. The molecule has 1 saturated carbocycles. The van der Waals surface area contributed by atoms with Crippen molar-refractivity contribution < 1.29 is 19.2 Å². The van der Waals surface area contributed by atoms with E-state index >= 15 is 0 Å². The minimum atomic E-state index is -0.670. The van der Waals surface area contributed by atoms with Crippen LogP contribution in [0.5, 0.6) is 0 Å². The highest BCUT2D eigenvalue weighted by Gasteiger charge is 2.26. The first-order valence-electron chi connectivity index (χ1n) is 6.06. The van der Waals surface area contributed by atoms with Crippen molar-refractivity contribution in [2.24, 2.45) is 0 Å². The molecule has 0 N–H and O–H groups in total. The summed E-state index contributed by atoms with van der Waals surface area (Å²) in [6, 6.07) is 5.13. The molecule has 6 heteroatoms. The van der Waals surface area contributed by atoms with Crippen LogP contribution in [0.25, 0.3) is 0 Å². The van der Waals surface area contributed by atoms with E-state index in [1.165, 1.54) is 24.3 Å². The largest absolute Gasteiger partial charge is 0.451 e. The zero-order valence-electron chi connectivity index (χ0n) is 10.2. The Morgan fingerprint density at radius 3 is 2.53 bits per heavy atom. The lowest BCUT2D eigenvalue weighted by molar-refractivity contribution is -0.384. The summed E-state index contributed by atoms with van der Waals surface area (Å²) in [4.78, 5) is 33.3. The van der Waals surface area contributed by atoms with Gasteiger partial charge < -0.3 is 4.74 Å². The van der Waals surface area contributed by atoms with Gasteiger partial charge in [-0.1, -0.05) is 0 Å². The van der Waals surface area contributed by atoms with Crippen LogP contribution in [-0.4, -0.2) is 22.8 Å². The zero-order chi connectivity index (χ0) is 13.8. The maximum absolute atomic E-state index is 11.8. The van der Waals surface area contributed by atoms with E-state index in [9.17, 15) is 19.7 Å². The smallest absolute Gasteiger partial charge is 0.338 e. The number of Topliss-reactive ketones (excluding diaryl/α,β-unsaturated/α-hetero) is 1. The summed E-state index contributed by atoms with van der Waals surface area (Å²) in [6.45, 7) is 0. The van der Waals surface area contributed by atoms with Crippen molar-refractivity contribution in [1.29, 1.82) is 0 Å². The molecule has 0 aliphatic heterocycles. The SMILES string of the molecule is O=C(OC1CCCCC1=O)c1ccc([N+](=O)[O-])cc1. The molecule has 1 atom stereocenters. The normalized spacial score (nSPS) is 18.9. The molecule has 0 heterocycles. The fourth-order valence-corrected chi connectivity index (χ4v) is 1.99. The van der Waals surface area contributed by atoms with Crippen LogP contribution in [0.3, 0.4) is 0 Å². The number of nitro benzene ring substituents is 1. The minimum absolute atomic E-state index is 0.0542. The van der Waals surface area contributed by atoms with Gasteiger partial charge in [0.25, 0.3) is 5.69 Å². The third-order valence-electron chi connectivity index (χ3n) is 3.06. The summed E-state index contributed by atoms with van der Waals surface area (Å²) in [7, 11) is 0. The van der Waals surface area contributed by atoms with Crippen LogP contribution in [0, 0.1) is 10.1 Å². The molecule has 0 aromatic heterocycles. The highest BCUT2D eigenvalue weighted by molar-refractivity contribution is 5.93. The van der Waals surface area contributed by atoms with Gasteiger partial charge in [0.2, 0.25) is 0 Å². The lowest BCUT2D eigenvalue weighted by atomic mass is 9.96. The minimum Gasteiger partial charge on any atom is -0.451 e. The van der Waals surface area contributed by atoms with Crippen molar-refractivity contribution in [2.75, 3.05) is 0 Å². The monoisotopic (exact) mass is 263 g/mol. The molecule has 1 aliphatic rings. The molecule has 0 saturated heterocycles. The Hall–Kier alpha value is -2.24. The van der Waals surface area contributed by atoms with Gasteiger partial charge in [-0.25, -0.2) is 4.79 Å². The Bertz CT molecular complexity index is 508. The lowest BCUT2D eigenvalue weighted by Gasteiger charge is -2.20. The molecule has 1 aromatic carbocycles. The maximum Gasteiger partial charge on any atom is 0.338 e. The number of ketones is 1. The Kier molecular flexibility index (Phi) is 3.89. The summed E-state index contributed by atoms with van der Waals surface area (Å²) < 4.78 is 5.13. The van der Waals surface area contributed by atoms with Gasteiger partial charge in [0.1, 0.15) is 0 Å². The van der Waals surface area contributed by atoms with Gasteiger partial charge in [-0.3, -0.25) is 14.9 Å². The van der Waals surface area contributed by atoms with Gasteiger partial charge >= 0.3 is 5.97 Å². The first kappa shape index (κ1) is 13.2. The molecule has 2 rings (SSSR count). The fraction of sp³-hybridized carbons (Fsp3) is 0.385. The number of carbonyl (C=O) groups is 2. The van der Waals surface area contributed by atoms with Crippen LogP contribution in [0.15, 0.2) is 24.3 Å². The van der Waals surface area contributed by atoms with E-state index in [0.717, 1.165) is 12.8 Å². The van der Waals surface area contributed by atoms with E-state index in [4.69, 9.17) is 4.74 Å². The van der Waals surface area contributed by atoms with Gasteiger partial charge in [-0.05, 0) is 31.4 Å². The summed E-state index contributed by atoms with van der Waals surface area (Å²) in [5.41, 5.74) is 0.120. The van der Waals surface area contributed by atoms with E-state index in [-0.39, 0.29) is 17.0 Å². The number of esters is 1. The van der Waals surface area contributed by atoms with Crippen LogP contribution in [0.2, 0.25) is 0 Å². The number of benzene rings is 1. The van der Waals surface area contributed by atoms with Gasteiger partial charge in [0, 0.05) is 18.6 Å². The Morgan fingerprint density at radius 1 is 1.26 bits per heavy atom. The number of hydrogen-bond donors (Lipinski definition) is 0. The van der Waals surface area contributed by atoms with E-state index in [1.807, 2.05) is 0 Å². The van der Waals surface area contributed by atoms with Gasteiger partial charge in [0.15, 0.2) is 11.9 Å². The second kappa shape index (κ2) is 5.60. The molecule has 1 aliphatic carbocycles. The summed E-state index contributed by atoms with van der Waals surface area (Å²) in [5, 5.41) is 10.5. The van der Waals surface area contributed by atoms with Gasteiger partial charge in [-0.2, -0.15) is 0 Å². The predicted molar refractivity (Wildman–Crippen MR) is 65.8 cm³/mol. The summed E-state index contributed by atoms with van der Waals surface area (Å²) >= 11 is 0. The van der Waals surface area contributed by atoms with E-state index < -0.39 is 17.0 Å². The molecule has 0 amide bonds. The van der Waals surface area contributed by atoms with Crippen molar-refractivity contribution >= 4 is 17.4 Å². The number of rotatable bonds is 3. The third kappa shape index (κ3) is 3.15. The maximum atomic E-state index is 11.8. The van der Waals surface area contributed by atoms with Crippen LogP contribution in [-0.2, 0) is 9.53 Å². The molecule has 19 heavy (non-hydrogen) atoms. The molecule has 1 aromatic rings. The zero-order valence-corrected chi connectivity index (χ0v) is 10.2. The molecule has 0 spiro atoms. The Labute approximate surface area is 109 Å². The molecule has 100 valence electrons. The van der Waals surface area contributed by atoms with Crippen LogP contribution >= 0.6 is 0 Å². The average molecular weight is 263 g/mol. The molecule has 6 nitrogen and oxygen atoms in total. The molecular formula is C13H13NO5. The van der Waals surface area contributed by atoms with Crippen LogP contribution in [0.1, 0.15) is 36.0 Å². The number of ether oxygens (including phenoxy) is 1. The van der Waals surface area contributed by atoms with Crippen LogP contribution < -0.4 is 0 Å².